The molecule has 0 saturated heterocycles. The van der Waals surface area contributed by atoms with E-state index in [0.29, 0.717) is 11.6 Å². The summed E-state index contributed by atoms with van der Waals surface area (Å²) in [5.74, 6) is 0.649. The Morgan fingerprint density at radius 2 is 2.00 bits per heavy atom. The normalized spacial score (nSPS) is 14.4. The molecule has 94 valence electrons. The van der Waals surface area contributed by atoms with Gasteiger partial charge >= 0.3 is 0 Å². The van der Waals surface area contributed by atoms with E-state index in [1.54, 1.807) is 12.3 Å². The van der Waals surface area contributed by atoms with Crippen molar-refractivity contribution in [3.63, 3.8) is 0 Å². The molecular formula is C15H14N4. The minimum atomic E-state index is 0.419. The van der Waals surface area contributed by atoms with Gasteiger partial charge in [0.15, 0.2) is 0 Å². The minimum absolute atomic E-state index is 0.419. The predicted molar refractivity (Wildman–Crippen MR) is 72.6 cm³/mol. The molecule has 1 aliphatic rings. The quantitative estimate of drug-likeness (QED) is 0.779. The molecule has 2 heterocycles. The van der Waals surface area contributed by atoms with Gasteiger partial charge in [0.1, 0.15) is 11.8 Å². The van der Waals surface area contributed by atoms with Crippen LogP contribution in [0.15, 0.2) is 36.5 Å². The summed E-state index contributed by atoms with van der Waals surface area (Å²) in [7, 11) is 0. The molecule has 1 aliphatic heterocycles. The number of rotatable bonds is 1. The topological polar surface area (TPSA) is 52.8 Å². The third-order valence-electron chi connectivity index (χ3n) is 3.39. The lowest BCUT2D eigenvalue weighted by Crippen LogP contribution is -2.24. The first-order valence-corrected chi connectivity index (χ1v) is 6.42. The molecule has 0 aliphatic carbocycles. The van der Waals surface area contributed by atoms with Crippen LogP contribution in [0.25, 0.3) is 0 Å². The Balaban J connectivity index is 1.92. The minimum Gasteiger partial charge on any atom is -0.336 e. The first kappa shape index (κ1) is 11.7. The summed E-state index contributed by atoms with van der Waals surface area (Å²) >= 11 is 0. The maximum Gasteiger partial charge on any atom is 0.226 e. The van der Waals surface area contributed by atoms with E-state index < -0.39 is 0 Å². The van der Waals surface area contributed by atoms with Gasteiger partial charge in [-0.3, -0.25) is 0 Å². The van der Waals surface area contributed by atoms with Crippen LogP contribution in [0.1, 0.15) is 23.2 Å². The van der Waals surface area contributed by atoms with Crippen LogP contribution >= 0.6 is 0 Å². The van der Waals surface area contributed by atoms with Crippen molar-refractivity contribution in [2.75, 3.05) is 11.4 Å². The Morgan fingerprint density at radius 3 is 2.84 bits per heavy atom. The fraction of sp³-hybridized carbons (Fsp3) is 0.267. The Bertz CT molecular complexity index is 630. The van der Waals surface area contributed by atoms with E-state index in [1.165, 1.54) is 11.1 Å². The van der Waals surface area contributed by atoms with Crippen LogP contribution in [-0.2, 0) is 13.0 Å². The number of aryl methyl sites for hydroxylation is 1. The van der Waals surface area contributed by atoms with Crippen LogP contribution in [0.4, 0.5) is 5.95 Å². The molecule has 0 spiro atoms. The molecule has 0 bridgehead atoms. The Labute approximate surface area is 112 Å². The van der Waals surface area contributed by atoms with Gasteiger partial charge in [0.05, 0.1) is 0 Å². The molecule has 0 N–H and O–H groups in total. The highest BCUT2D eigenvalue weighted by Crippen LogP contribution is 2.21. The smallest absolute Gasteiger partial charge is 0.226 e. The molecule has 19 heavy (non-hydrogen) atoms. The van der Waals surface area contributed by atoms with Crippen molar-refractivity contribution in [1.29, 1.82) is 5.26 Å². The molecule has 0 saturated carbocycles. The zero-order valence-corrected chi connectivity index (χ0v) is 10.6. The van der Waals surface area contributed by atoms with Crippen molar-refractivity contribution in [2.45, 2.75) is 19.4 Å². The van der Waals surface area contributed by atoms with Crippen molar-refractivity contribution in [1.82, 2.24) is 9.97 Å². The van der Waals surface area contributed by atoms with E-state index in [2.05, 4.69) is 45.2 Å². The molecule has 0 unspecified atom stereocenters. The first-order chi connectivity index (χ1) is 9.36. The fourth-order valence-corrected chi connectivity index (χ4v) is 2.43. The van der Waals surface area contributed by atoms with E-state index in [0.717, 1.165) is 25.9 Å². The lowest BCUT2D eigenvalue weighted by molar-refractivity contribution is 0.739. The lowest BCUT2D eigenvalue weighted by atomic mass is 10.0. The zero-order valence-electron chi connectivity index (χ0n) is 10.6. The standard InChI is InChI=1S/C15H14N4/c16-10-14-7-8-17-15(18-14)19-9-3-6-12-4-1-2-5-13(12)11-19/h1-2,4-5,7-8H,3,6,9,11H2. The van der Waals surface area contributed by atoms with Crippen molar-refractivity contribution in [2.24, 2.45) is 0 Å². The third-order valence-corrected chi connectivity index (χ3v) is 3.39. The third kappa shape index (κ3) is 2.41. The highest BCUT2D eigenvalue weighted by molar-refractivity contribution is 5.39. The van der Waals surface area contributed by atoms with Gasteiger partial charge in [0.25, 0.3) is 0 Å². The summed E-state index contributed by atoms with van der Waals surface area (Å²) in [5, 5.41) is 8.91. The SMILES string of the molecule is N#Cc1ccnc(N2CCCc3ccccc3C2)n1. The summed E-state index contributed by atoms with van der Waals surface area (Å²) < 4.78 is 0. The van der Waals surface area contributed by atoms with Crippen LogP contribution in [0, 0.1) is 11.3 Å². The number of nitriles is 1. The van der Waals surface area contributed by atoms with Gasteiger partial charge in [-0.15, -0.1) is 0 Å². The molecule has 0 radical (unpaired) electrons. The molecule has 0 amide bonds. The number of hydrogen-bond acceptors (Lipinski definition) is 4. The second-order valence-electron chi connectivity index (χ2n) is 4.65. The van der Waals surface area contributed by atoms with Gasteiger partial charge in [-0.1, -0.05) is 24.3 Å². The van der Waals surface area contributed by atoms with E-state index in [1.807, 2.05) is 0 Å². The zero-order chi connectivity index (χ0) is 13.1. The molecule has 0 atom stereocenters. The van der Waals surface area contributed by atoms with Gasteiger partial charge in [-0.25, -0.2) is 9.97 Å². The van der Waals surface area contributed by atoms with Gasteiger partial charge in [0, 0.05) is 19.3 Å². The molecule has 0 fully saturated rings. The van der Waals surface area contributed by atoms with Crippen LogP contribution in [0.3, 0.4) is 0 Å². The van der Waals surface area contributed by atoms with Crippen LogP contribution < -0.4 is 4.90 Å². The number of nitrogens with zero attached hydrogens (tertiary/aromatic N) is 4. The monoisotopic (exact) mass is 250 g/mol. The Kier molecular flexibility index (Phi) is 3.11. The molecular weight excluding hydrogens is 236 g/mol. The van der Waals surface area contributed by atoms with Gasteiger partial charge in [-0.05, 0) is 30.0 Å². The van der Waals surface area contributed by atoms with Crippen LogP contribution in [0.2, 0.25) is 0 Å². The number of aromatic nitrogens is 2. The second-order valence-corrected chi connectivity index (χ2v) is 4.65. The summed E-state index contributed by atoms with van der Waals surface area (Å²) in [5.41, 5.74) is 3.15. The average molecular weight is 250 g/mol. The molecule has 3 rings (SSSR count). The number of hydrogen-bond donors (Lipinski definition) is 0. The van der Waals surface area contributed by atoms with E-state index in [4.69, 9.17) is 5.26 Å². The van der Waals surface area contributed by atoms with E-state index in [9.17, 15) is 0 Å². The highest BCUT2D eigenvalue weighted by Gasteiger charge is 2.16. The summed E-state index contributed by atoms with van der Waals surface area (Å²) in [6, 6.07) is 12.2. The van der Waals surface area contributed by atoms with Crippen molar-refractivity contribution in [3.05, 3.63) is 53.3 Å². The molecule has 1 aromatic carbocycles. The van der Waals surface area contributed by atoms with Gasteiger partial charge in [0.2, 0.25) is 5.95 Å². The number of anilines is 1. The average Bonchev–Trinajstić information content (AvgIpc) is 2.69. The summed E-state index contributed by atoms with van der Waals surface area (Å²) in [6.45, 7) is 1.73. The van der Waals surface area contributed by atoms with E-state index in [-0.39, 0.29) is 0 Å². The second kappa shape index (κ2) is 5.07. The van der Waals surface area contributed by atoms with Crippen LogP contribution in [0.5, 0.6) is 0 Å². The Hall–Kier alpha value is -2.41. The van der Waals surface area contributed by atoms with E-state index >= 15 is 0 Å². The number of benzene rings is 1. The fourth-order valence-electron chi connectivity index (χ4n) is 2.43. The van der Waals surface area contributed by atoms with Crippen molar-refractivity contribution in [3.8, 4) is 6.07 Å². The largest absolute Gasteiger partial charge is 0.336 e. The summed E-state index contributed by atoms with van der Waals surface area (Å²) in [4.78, 5) is 10.7. The first-order valence-electron chi connectivity index (χ1n) is 6.42. The maximum absolute atomic E-state index is 8.91. The highest BCUT2D eigenvalue weighted by atomic mass is 15.2. The summed E-state index contributed by atoms with van der Waals surface area (Å²) in [6.07, 6.45) is 3.82. The lowest BCUT2D eigenvalue weighted by Gasteiger charge is -2.20. The molecule has 2 aromatic rings. The Morgan fingerprint density at radius 1 is 1.16 bits per heavy atom. The van der Waals surface area contributed by atoms with Crippen molar-refractivity contribution < 1.29 is 0 Å². The predicted octanol–water partition coefficient (Wildman–Crippen LogP) is 2.30. The van der Waals surface area contributed by atoms with Crippen LogP contribution in [-0.4, -0.2) is 16.5 Å². The molecule has 4 heteroatoms. The van der Waals surface area contributed by atoms with Gasteiger partial charge < -0.3 is 4.90 Å². The molecule has 4 nitrogen and oxygen atoms in total. The number of fused-ring (bicyclic) bond motifs is 1. The molecule has 1 aromatic heterocycles. The van der Waals surface area contributed by atoms with Gasteiger partial charge in [-0.2, -0.15) is 5.26 Å². The maximum atomic E-state index is 8.91. The van der Waals surface area contributed by atoms with Crippen molar-refractivity contribution >= 4 is 5.95 Å².